The zero-order valence-electron chi connectivity index (χ0n) is 11.7. The lowest BCUT2D eigenvalue weighted by Gasteiger charge is -2.12. The van der Waals surface area contributed by atoms with Crippen LogP contribution in [-0.2, 0) is 0 Å². The molecule has 5 heteroatoms. The average Bonchev–Trinajstić information content (AvgIpc) is 2.52. The Bertz CT molecular complexity index is 671. The van der Waals surface area contributed by atoms with Crippen molar-refractivity contribution in [1.29, 1.82) is 0 Å². The van der Waals surface area contributed by atoms with Gasteiger partial charge in [-0.1, -0.05) is 42.5 Å². The number of alkyl halides is 3. The second-order valence-electron chi connectivity index (χ2n) is 4.51. The maximum atomic E-state index is 13.2. The van der Waals surface area contributed by atoms with Crippen molar-refractivity contribution >= 4 is 11.4 Å². The van der Waals surface area contributed by atoms with Gasteiger partial charge in [-0.05, 0) is 23.8 Å². The Morgan fingerprint density at radius 1 is 0.955 bits per heavy atom. The van der Waals surface area contributed by atoms with Crippen LogP contribution >= 0.6 is 0 Å². The summed E-state index contributed by atoms with van der Waals surface area (Å²) in [5.74, 6) is -0.247. The van der Waals surface area contributed by atoms with Gasteiger partial charge < -0.3 is 4.74 Å². The molecule has 0 unspecified atom stereocenters. The number of hydrogen-bond acceptors (Lipinski definition) is 2. The van der Waals surface area contributed by atoms with Crippen LogP contribution in [-0.4, -0.2) is 19.1 Å². The second-order valence-corrected chi connectivity index (χ2v) is 4.51. The van der Waals surface area contributed by atoms with Crippen LogP contribution in [0.2, 0.25) is 0 Å². The first-order valence-electron chi connectivity index (χ1n) is 6.44. The summed E-state index contributed by atoms with van der Waals surface area (Å²) in [5.41, 5.74) is -0.862. The average molecular weight is 306 g/mol. The molecule has 2 aromatic carbocycles. The molecule has 2 aromatic rings. The molecule has 0 aliphatic rings. The first kappa shape index (κ1) is 15.8. The van der Waals surface area contributed by atoms with E-state index in [9.17, 15) is 18.0 Å². The summed E-state index contributed by atoms with van der Waals surface area (Å²) in [6.45, 7) is 0. The minimum atomic E-state index is -4.63. The monoisotopic (exact) mass is 306 g/mol. The van der Waals surface area contributed by atoms with Gasteiger partial charge in [-0.3, -0.25) is 4.79 Å². The highest BCUT2D eigenvalue weighted by Crippen LogP contribution is 2.34. The Morgan fingerprint density at radius 3 is 2.05 bits per heavy atom. The molecule has 2 nitrogen and oxygen atoms in total. The van der Waals surface area contributed by atoms with Crippen molar-refractivity contribution in [1.82, 2.24) is 0 Å². The molecule has 0 N–H and O–H groups in total. The lowest BCUT2D eigenvalue weighted by atomic mass is 10.0. The van der Waals surface area contributed by atoms with Crippen LogP contribution in [0.25, 0.3) is 5.57 Å². The molecule has 22 heavy (non-hydrogen) atoms. The van der Waals surface area contributed by atoms with Crippen molar-refractivity contribution in [3.05, 3.63) is 71.8 Å². The Kier molecular flexibility index (Phi) is 4.65. The molecule has 0 atom stereocenters. The first-order chi connectivity index (χ1) is 10.4. The highest BCUT2D eigenvalue weighted by atomic mass is 19.4. The van der Waals surface area contributed by atoms with Gasteiger partial charge in [0.05, 0.1) is 12.7 Å². The van der Waals surface area contributed by atoms with Crippen molar-refractivity contribution < 1.29 is 22.7 Å². The quantitative estimate of drug-likeness (QED) is 0.613. The Hall–Kier alpha value is -2.56. The fourth-order valence-corrected chi connectivity index (χ4v) is 1.92. The Balaban J connectivity index is 2.42. The maximum Gasteiger partial charge on any atom is 0.417 e. The van der Waals surface area contributed by atoms with E-state index >= 15 is 0 Å². The van der Waals surface area contributed by atoms with E-state index in [0.717, 1.165) is 0 Å². The van der Waals surface area contributed by atoms with Gasteiger partial charge in [0.25, 0.3) is 0 Å². The number of carbonyl (C=O) groups is 1. The molecule has 0 spiro atoms. The van der Waals surface area contributed by atoms with E-state index in [1.807, 2.05) is 0 Å². The summed E-state index contributed by atoms with van der Waals surface area (Å²) in [4.78, 5) is 12.0. The number of ether oxygens (including phenoxy) is 1. The number of carbonyl (C=O) groups excluding carboxylic acids is 1. The summed E-state index contributed by atoms with van der Waals surface area (Å²) < 4.78 is 44.6. The van der Waals surface area contributed by atoms with Crippen LogP contribution in [0.1, 0.15) is 15.9 Å². The van der Waals surface area contributed by atoms with Crippen LogP contribution in [0.4, 0.5) is 13.2 Å². The number of allylic oxidation sites excluding steroid dienone is 2. The van der Waals surface area contributed by atoms with Gasteiger partial charge in [0.1, 0.15) is 5.75 Å². The van der Waals surface area contributed by atoms with Gasteiger partial charge in [-0.25, -0.2) is 0 Å². The third-order valence-corrected chi connectivity index (χ3v) is 3.04. The highest BCUT2D eigenvalue weighted by Gasteiger charge is 2.35. The zero-order valence-corrected chi connectivity index (χ0v) is 11.7. The standard InChI is InChI=1S/C17H13F3O2/c1-22-14-9-7-12(8-10-14)15(17(18,19)20)11-16(21)13-5-3-2-4-6-13/h2-11H,1H3/b15-11+. The Labute approximate surface area is 125 Å². The van der Waals surface area contributed by atoms with Crippen molar-refractivity contribution in [2.24, 2.45) is 0 Å². The van der Waals surface area contributed by atoms with Gasteiger partial charge in [0.2, 0.25) is 0 Å². The van der Waals surface area contributed by atoms with E-state index < -0.39 is 17.5 Å². The molecule has 114 valence electrons. The molecule has 0 amide bonds. The Morgan fingerprint density at radius 2 is 1.55 bits per heavy atom. The summed E-state index contributed by atoms with van der Waals surface area (Å²) in [5, 5.41) is 0. The molecule has 0 heterocycles. The van der Waals surface area contributed by atoms with Gasteiger partial charge in [0.15, 0.2) is 5.78 Å². The fraction of sp³-hybridized carbons (Fsp3) is 0.118. The smallest absolute Gasteiger partial charge is 0.417 e. The SMILES string of the molecule is COc1ccc(/C(=C\C(=O)c2ccccc2)C(F)(F)F)cc1. The van der Waals surface area contributed by atoms with Gasteiger partial charge in [-0.2, -0.15) is 13.2 Å². The van der Waals surface area contributed by atoms with Gasteiger partial charge in [0, 0.05) is 5.56 Å². The molecule has 0 aliphatic carbocycles. The van der Waals surface area contributed by atoms with Crippen LogP contribution in [0, 0.1) is 0 Å². The topological polar surface area (TPSA) is 26.3 Å². The van der Waals surface area contributed by atoms with E-state index in [-0.39, 0.29) is 11.1 Å². The van der Waals surface area contributed by atoms with E-state index in [1.54, 1.807) is 18.2 Å². The summed E-state index contributed by atoms with van der Waals surface area (Å²) >= 11 is 0. The van der Waals surface area contributed by atoms with Gasteiger partial charge in [-0.15, -0.1) is 0 Å². The number of benzene rings is 2. The van der Waals surface area contributed by atoms with Gasteiger partial charge >= 0.3 is 6.18 Å². The normalized spacial score (nSPS) is 12.1. The lowest BCUT2D eigenvalue weighted by molar-refractivity contribution is -0.0689. The van der Waals surface area contributed by atoms with Crippen molar-refractivity contribution in [3.63, 3.8) is 0 Å². The fourth-order valence-electron chi connectivity index (χ4n) is 1.92. The lowest BCUT2D eigenvalue weighted by Crippen LogP contribution is -2.12. The molecular formula is C17H13F3O2. The molecule has 0 saturated carbocycles. The summed E-state index contributed by atoms with van der Waals surface area (Å²) in [7, 11) is 1.43. The van der Waals surface area contributed by atoms with Crippen LogP contribution in [0.15, 0.2) is 60.7 Å². The predicted octanol–water partition coefficient (Wildman–Crippen LogP) is 4.52. The molecule has 0 aliphatic heterocycles. The molecule has 0 bridgehead atoms. The number of methoxy groups -OCH3 is 1. The predicted molar refractivity (Wildman–Crippen MR) is 77.8 cm³/mol. The molecular weight excluding hydrogens is 293 g/mol. The summed E-state index contributed by atoms with van der Waals surface area (Å²) in [6.07, 6.45) is -4.00. The van der Waals surface area contributed by atoms with Crippen LogP contribution in [0.5, 0.6) is 5.75 Å². The third-order valence-electron chi connectivity index (χ3n) is 3.04. The summed E-state index contributed by atoms with van der Waals surface area (Å²) in [6, 6.07) is 13.2. The van der Waals surface area contributed by atoms with E-state index in [1.165, 1.54) is 43.5 Å². The molecule has 0 saturated heterocycles. The van der Waals surface area contributed by atoms with Crippen LogP contribution in [0.3, 0.4) is 0 Å². The van der Waals surface area contributed by atoms with Crippen LogP contribution < -0.4 is 4.74 Å². The number of hydrogen-bond donors (Lipinski definition) is 0. The largest absolute Gasteiger partial charge is 0.497 e. The minimum Gasteiger partial charge on any atom is -0.497 e. The second kappa shape index (κ2) is 6.47. The minimum absolute atomic E-state index is 0.0856. The van der Waals surface area contributed by atoms with E-state index in [2.05, 4.69) is 0 Å². The zero-order chi connectivity index (χ0) is 16.2. The molecule has 0 aromatic heterocycles. The molecule has 0 radical (unpaired) electrons. The third kappa shape index (κ3) is 3.75. The molecule has 0 fully saturated rings. The van der Waals surface area contributed by atoms with E-state index in [4.69, 9.17) is 4.74 Å². The van der Waals surface area contributed by atoms with Crippen molar-refractivity contribution in [2.45, 2.75) is 6.18 Å². The first-order valence-corrected chi connectivity index (χ1v) is 6.44. The van der Waals surface area contributed by atoms with Crippen molar-refractivity contribution in [2.75, 3.05) is 7.11 Å². The van der Waals surface area contributed by atoms with E-state index in [0.29, 0.717) is 11.8 Å². The van der Waals surface area contributed by atoms with Crippen molar-refractivity contribution in [3.8, 4) is 5.75 Å². The number of halogens is 3. The number of rotatable bonds is 4. The number of ketones is 1. The highest BCUT2D eigenvalue weighted by molar-refractivity contribution is 6.09. The maximum absolute atomic E-state index is 13.2. The molecule has 2 rings (SSSR count).